The van der Waals surface area contributed by atoms with Crippen molar-refractivity contribution in [3.63, 3.8) is 0 Å². The summed E-state index contributed by atoms with van der Waals surface area (Å²) in [5, 5.41) is 15.3. The van der Waals surface area contributed by atoms with Gasteiger partial charge in [0.15, 0.2) is 0 Å². The first-order chi connectivity index (χ1) is 10.2. The normalized spacial score (nSPS) is 19.1. The number of aryl methyl sites for hydroxylation is 1. The van der Waals surface area contributed by atoms with Crippen molar-refractivity contribution in [3.05, 3.63) is 21.9 Å². The molecular formula is C14H22N4O4. The molecule has 1 aliphatic rings. The number of amides is 1. The molecule has 0 bridgehead atoms. The highest BCUT2D eigenvalue weighted by Crippen LogP contribution is 2.28. The molecule has 0 aromatic carbocycles. The molecule has 0 N–H and O–H groups in total. The lowest BCUT2D eigenvalue weighted by Crippen LogP contribution is -2.43. The van der Waals surface area contributed by atoms with E-state index in [0.29, 0.717) is 18.7 Å². The molecule has 1 fully saturated rings. The van der Waals surface area contributed by atoms with Crippen molar-refractivity contribution in [1.82, 2.24) is 14.7 Å². The van der Waals surface area contributed by atoms with Gasteiger partial charge >= 0.3 is 11.9 Å². The van der Waals surface area contributed by atoms with E-state index in [2.05, 4.69) is 5.10 Å². The van der Waals surface area contributed by atoms with E-state index in [4.69, 9.17) is 4.74 Å². The second kappa shape index (κ2) is 5.94. The van der Waals surface area contributed by atoms with E-state index in [9.17, 15) is 14.9 Å². The standard InChI is InChI=1S/C14H22N4O4/c1-10-8-15-17(12(10)18(20)21)11-6-5-7-16(9-11)13(19)22-14(2,3)4/h8,11H,5-7,9H2,1-4H3. The van der Waals surface area contributed by atoms with Crippen LogP contribution in [-0.4, -0.2) is 44.4 Å². The van der Waals surface area contributed by atoms with E-state index in [1.165, 1.54) is 10.9 Å². The Hall–Kier alpha value is -2.12. The van der Waals surface area contributed by atoms with Crippen LogP contribution in [0.15, 0.2) is 6.20 Å². The Bertz CT molecular complexity index is 576. The van der Waals surface area contributed by atoms with E-state index >= 15 is 0 Å². The summed E-state index contributed by atoms with van der Waals surface area (Å²) < 4.78 is 6.79. The number of ether oxygens (including phenoxy) is 1. The number of hydrogen-bond donors (Lipinski definition) is 0. The zero-order chi connectivity index (χ0) is 16.5. The molecule has 2 rings (SSSR count). The lowest BCUT2D eigenvalue weighted by atomic mass is 10.1. The summed E-state index contributed by atoms with van der Waals surface area (Å²) in [7, 11) is 0. The average Bonchev–Trinajstić information content (AvgIpc) is 2.79. The average molecular weight is 310 g/mol. The maximum absolute atomic E-state index is 12.2. The number of carbonyl (C=O) groups is 1. The van der Waals surface area contributed by atoms with Crippen molar-refractivity contribution in [2.75, 3.05) is 13.1 Å². The molecule has 8 nitrogen and oxygen atoms in total. The predicted molar refractivity (Wildman–Crippen MR) is 79.7 cm³/mol. The minimum atomic E-state index is -0.557. The highest BCUT2D eigenvalue weighted by atomic mass is 16.6. The lowest BCUT2D eigenvalue weighted by molar-refractivity contribution is -0.393. The minimum Gasteiger partial charge on any atom is -0.444 e. The molecule has 0 radical (unpaired) electrons. The quantitative estimate of drug-likeness (QED) is 0.618. The van der Waals surface area contributed by atoms with Gasteiger partial charge in [-0.05, 0) is 45.5 Å². The van der Waals surface area contributed by atoms with Gasteiger partial charge in [0.25, 0.3) is 0 Å². The Morgan fingerprint density at radius 3 is 2.77 bits per heavy atom. The van der Waals surface area contributed by atoms with Crippen molar-refractivity contribution in [2.45, 2.75) is 52.2 Å². The van der Waals surface area contributed by atoms with Crippen LogP contribution in [0.2, 0.25) is 0 Å². The molecule has 1 aromatic heterocycles. The summed E-state index contributed by atoms with van der Waals surface area (Å²) in [6.45, 7) is 8.07. The maximum Gasteiger partial charge on any atom is 0.410 e. The molecule has 0 spiro atoms. The molecule has 22 heavy (non-hydrogen) atoms. The van der Waals surface area contributed by atoms with Crippen LogP contribution < -0.4 is 0 Å². The summed E-state index contributed by atoms with van der Waals surface area (Å²) >= 11 is 0. The molecule has 0 saturated carbocycles. The summed E-state index contributed by atoms with van der Waals surface area (Å²) in [5.74, 6) is -0.00367. The maximum atomic E-state index is 12.2. The molecule has 1 atom stereocenters. The van der Waals surface area contributed by atoms with E-state index < -0.39 is 10.5 Å². The smallest absolute Gasteiger partial charge is 0.410 e. The molecule has 0 aliphatic carbocycles. The van der Waals surface area contributed by atoms with Crippen LogP contribution in [0.5, 0.6) is 0 Å². The molecule has 1 aliphatic heterocycles. The Balaban J connectivity index is 2.14. The minimum absolute atomic E-state index is 0.00367. The highest BCUT2D eigenvalue weighted by Gasteiger charge is 2.34. The zero-order valence-corrected chi connectivity index (χ0v) is 13.4. The number of rotatable bonds is 2. The largest absolute Gasteiger partial charge is 0.444 e. The van der Waals surface area contributed by atoms with Crippen LogP contribution in [0.1, 0.15) is 45.2 Å². The first-order valence-electron chi connectivity index (χ1n) is 7.35. The van der Waals surface area contributed by atoms with E-state index in [1.54, 1.807) is 11.8 Å². The van der Waals surface area contributed by atoms with Crippen molar-refractivity contribution < 1.29 is 14.5 Å². The van der Waals surface area contributed by atoms with Gasteiger partial charge in [-0.1, -0.05) is 5.10 Å². The lowest BCUT2D eigenvalue weighted by Gasteiger charge is -2.32. The van der Waals surface area contributed by atoms with Crippen LogP contribution >= 0.6 is 0 Å². The molecule has 8 heteroatoms. The molecular weight excluding hydrogens is 288 g/mol. The van der Waals surface area contributed by atoms with Gasteiger partial charge in [-0.15, -0.1) is 4.68 Å². The number of hydrogen-bond acceptors (Lipinski definition) is 5. The Morgan fingerprint density at radius 2 is 2.18 bits per heavy atom. The summed E-state index contributed by atoms with van der Waals surface area (Å²) in [6.07, 6.45) is 2.62. The zero-order valence-electron chi connectivity index (χ0n) is 13.4. The Kier molecular flexibility index (Phi) is 4.39. The fourth-order valence-corrected chi connectivity index (χ4v) is 2.58. The number of carbonyl (C=O) groups excluding carboxylic acids is 1. The molecule has 2 heterocycles. The van der Waals surface area contributed by atoms with E-state index in [0.717, 1.165) is 12.8 Å². The van der Waals surface area contributed by atoms with E-state index in [-0.39, 0.29) is 18.0 Å². The third-order valence-corrected chi connectivity index (χ3v) is 3.51. The van der Waals surface area contributed by atoms with E-state index in [1.807, 2.05) is 20.8 Å². The molecule has 1 saturated heterocycles. The van der Waals surface area contributed by atoms with Crippen LogP contribution in [0, 0.1) is 17.0 Å². The van der Waals surface area contributed by atoms with Gasteiger partial charge in [0.2, 0.25) is 0 Å². The summed E-state index contributed by atoms with van der Waals surface area (Å²) in [5.41, 5.74) is -0.0300. The molecule has 1 aromatic rings. The first kappa shape index (κ1) is 16.3. The van der Waals surface area contributed by atoms with Crippen molar-refractivity contribution >= 4 is 11.9 Å². The Labute approximate surface area is 129 Å². The van der Waals surface area contributed by atoms with Gasteiger partial charge in [-0.2, -0.15) is 0 Å². The van der Waals surface area contributed by atoms with Gasteiger partial charge in [0, 0.05) is 6.54 Å². The fraction of sp³-hybridized carbons (Fsp3) is 0.714. The fourth-order valence-electron chi connectivity index (χ4n) is 2.58. The number of aromatic nitrogens is 2. The van der Waals surface area contributed by atoms with Crippen molar-refractivity contribution in [2.24, 2.45) is 0 Å². The van der Waals surface area contributed by atoms with Crippen molar-refractivity contribution in [1.29, 1.82) is 0 Å². The summed E-state index contributed by atoms with van der Waals surface area (Å²) in [6, 6.07) is -0.199. The van der Waals surface area contributed by atoms with Crippen molar-refractivity contribution in [3.8, 4) is 0 Å². The number of likely N-dealkylation sites (tertiary alicyclic amines) is 1. The SMILES string of the molecule is Cc1cnn(C2CCCN(C(=O)OC(C)(C)C)C2)c1[N+](=O)[O-]. The molecule has 122 valence electrons. The van der Waals surface area contributed by atoms with Crippen LogP contribution in [0.25, 0.3) is 0 Å². The molecule has 1 unspecified atom stereocenters. The number of nitrogens with zero attached hydrogens (tertiary/aromatic N) is 4. The monoisotopic (exact) mass is 310 g/mol. The Morgan fingerprint density at radius 1 is 1.50 bits per heavy atom. The van der Waals surface area contributed by atoms with Gasteiger partial charge in [0.1, 0.15) is 11.6 Å². The van der Waals surface area contributed by atoms with Gasteiger partial charge in [-0.25, -0.2) is 4.79 Å². The van der Waals surface area contributed by atoms with Gasteiger partial charge < -0.3 is 19.8 Å². The van der Waals surface area contributed by atoms with Crippen LogP contribution in [0.3, 0.4) is 0 Å². The predicted octanol–water partition coefficient (Wildman–Crippen LogP) is 2.67. The highest BCUT2D eigenvalue weighted by molar-refractivity contribution is 5.68. The van der Waals surface area contributed by atoms with Crippen LogP contribution in [-0.2, 0) is 4.74 Å². The van der Waals surface area contributed by atoms with Crippen LogP contribution in [0.4, 0.5) is 10.6 Å². The van der Waals surface area contributed by atoms with Gasteiger partial charge in [-0.3, -0.25) is 0 Å². The summed E-state index contributed by atoms with van der Waals surface area (Å²) in [4.78, 5) is 24.5. The second-order valence-electron chi connectivity index (χ2n) is 6.58. The topological polar surface area (TPSA) is 90.5 Å². The first-order valence-corrected chi connectivity index (χ1v) is 7.35. The molecule has 1 amide bonds. The number of piperidine rings is 1. The third kappa shape index (κ3) is 3.55. The van der Waals surface area contributed by atoms with Gasteiger partial charge in [0.05, 0.1) is 18.3 Å². The number of nitro groups is 1. The third-order valence-electron chi connectivity index (χ3n) is 3.51. The second-order valence-corrected chi connectivity index (χ2v) is 6.58.